The topological polar surface area (TPSA) is 170 Å². The normalized spacial score (nSPS) is 11.6. The molecule has 0 aliphatic carbocycles. The van der Waals surface area contributed by atoms with E-state index in [1.165, 1.54) is 60.0 Å². The Bertz CT molecular complexity index is 10400. The van der Waals surface area contributed by atoms with Gasteiger partial charge in [0.25, 0.3) is 0 Å². The lowest BCUT2D eigenvalue weighted by molar-refractivity contribution is 0.668. The number of hydrogen-bond donors (Lipinski definition) is 0. The van der Waals surface area contributed by atoms with Gasteiger partial charge in [-0.25, -0.2) is 44.9 Å². The molecule has 702 valence electrons. The third kappa shape index (κ3) is 15.9. The number of rotatable bonds is 15. The zero-order valence-electron chi connectivity index (χ0n) is 80.6. The molecule has 21 aromatic carbocycles. The van der Waals surface area contributed by atoms with Gasteiger partial charge in [0.2, 0.25) is 0 Å². The minimum absolute atomic E-state index is 0.590. The van der Waals surface area contributed by atoms with E-state index in [-0.39, 0.29) is 0 Å². The van der Waals surface area contributed by atoms with Gasteiger partial charge in [-0.2, -0.15) is 0 Å². The molecule has 9 heterocycles. The van der Waals surface area contributed by atoms with Gasteiger partial charge < -0.3 is 27.0 Å². The van der Waals surface area contributed by atoms with Gasteiger partial charge in [-0.05, 0) is 173 Å². The molecule has 0 unspecified atom stereocenters. The first-order chi connectivity index (χ1) is 74.3. The number of nitrogens with zero attached hydrogens (tertiary/aromatic N) is 12. The molecule has 9 aromatic heterocycles. The van der Waals surface area contributed by atoms with Crippen LogP contribution in [0.5, 0.6) is 0 Å². The van der Waals surface area contributed by atoms with Gasteiger partial charge in [0.15, 0.2) is 52.4 Å². The number of benzene rings is 21. The molecule has 0 N–H and O–H groups in total. The van der Waals surface area contributed by atoms with Crippen LogP contribution in [0, 0.1) is 0 Å². The van der Waals surface area contributed by atoms with Gasteiger partial charge in [0, 0.05) is 132 Å². The summed E-state index contributed by atoms with van der Waals surface area (Å²) in [4.78, 5) is 45.1. The highest BCUT2D eigenvalue weighted by atomic mass is 16.3. The van der Waals surface area contributed by atoms with E-state index in [2.05, 4.69) is 359 Å². The first-order valence-corrected chi connectivity index (χ1v) is 50.1. The van der Waals surface area contributed by atoms with Crippen molar-refractivity contribution in [3.05, 3.63) is 510 Å². The van der Waals surface area contributed by atoms with E-state index < -0.39 is 0 Å². The van der Waals surface area contributed by atoms with Gasteiger partial charge in [-0.15, -0.1) is 0 Å². The van der Waals surface area contributed by atoms with Gasteiger partial charge >= 0.3 is 0 Å². The van der Waals surface area contributed by atoms with Crippen molar-refractivity contribution in [3.8, 4) is 153 Å². The Morgan fingerprint density at radius 1 is 0.127 bits per heavy atom. The van der Waals surface area contributed by atoms with Crippen LogP contribution in [0.25, 0.3) is 284 Å². The molecule has 0 radical (unpaired) electrons. The van der Waals surface area contributed by atoms with E-state index in [0.29, 0.717) is 52.4 Å². The molecule has 0 fully saturated rings. The van der Waals surface area contributed by atoms with Crippen LogP contribution in [0.3, 0.4) is 0 Å². The minimum Gasteiger partial charge on any atom is -0.456 e. The van der Waals surface area contributed by atoms with Crippen molar-refractivity contribution in [2.45, 2.75) is 0 Å². The van der Waals surface area contributed by atoms with Crippen molar-refractivity contribution in [1.29, 1.82) is 0 Å². The summed E-state index contributed by atoms with van der Waals surface area (Å²) in [6, 6.07) is 176. The summed E-state index contributed by atoms with van der Waals surface area (Å²) in [5, 5.41) is 13.8. The lowest BCUT2D eigenvalue weighted by Crippen LogP contribution is -2.01. The second-order valence-electron chi connectivity index (χ2n) is 37.4. The average molecular weight is 1920 g/mol. The highest BCUT2D eigenvalue weighted by Gasteiger charge is 2.25. The molecule has 15 heteroatoms. The lowest BCUT2D eigenvalue weighted by atomic mass is 9.97. The largest absolute Gasteiger partial charge is 0.456 e. The summed E-state index contributed by atoms with van der Waals surface area (Å²) in [6.45, 7) is 0. The summed E-state index contributed by atoms with van der Waals surface area (Å²) < 4.78 is 25.7. The number of aromatic nitrogens is 12. The number of furan rings is 3. The zero-order chi connectivity index (χ0) is 99.1. The summed E-state index contributed by atoms with van der Waals surface area (Å²) in [5.41, 5.74) is 30.3. The predicted octanol–water partition coefficient (Wildman–Crippen LogP) is 34.6. The maximum atomic E-state index is 6.23. The van der Waals surface area contributed by atoms with E-state index in [4.69, 9.17) is 58.1 Å². The van der Waals surface area contributed by atoms with E-state index in [1.54, 1.807) is 0 Å². The van der Waals surface area contributed by atoms with Crippen LogP contribution in [0.2, 0.25) is 0 Å². The summed E-state index contributed by atoms with van der Waals surface area (Å²) in [6.07, 6.45) is 0. The molecule has 0 spiro atoms. The third-order valence-electron chi connectivity index (χ3n) is 28.4. The van der Waals surface area contributed by atoms with Crippen LogP contribution in [0.4, 0.5) is 0 Å². The summed E-state index contributed by atoms with van der Waals surface area (Å²) >= 11 is 0. The predicted molar refractivity (Wildman–Crippen MR) is 610 cm³/mol. The smallest absolute Gasteiger partial charge is 0.164 e. The monoisotopic (exact) mass is 1920 g/mol. The van der Waals surface area contributed by atoms with Crippen molar-refractivity contribution in [1.82, 2.24) is 58.6 Å². The van der Waals surface area contributed by atoms with Gasteiger partial charge in [-0.3, -0.25) is 0 Å². The molecule has 0 atom stereocenters. The SMILES string of the molecule is c1ccc(-c2ccc3c(c2)c2ccccc2n3-c2cccc(-c3nc(-c4ccccc4)nc(-c4ccc5c(c4)oc4ccccc45)n3)c2)cc1.c1ccc(-c2nc(-c3ccc(-c4cccc(-n5c6ccccc6c6ccccc65)c4)cc3)nc(-c3ccc4c(c3)oc3ccccc34)n2)cc1.c1ccc(-c2nc(-c3cccc(-c4cccc5c4c4ccccc4n5-c4ccccc4)c3)nc(-c3ccc4c(c3)oc3ccccc34)n2)cc1. The molecule has 30 rings (SSSR count). The van der Waals surface area contributed by atoms with E-state index in [1.807, 2.05) is 164 Å². The van der Waals surface area contributed by atoms with Crippen LogP contribution in [0.1, 0.15) is 0 Å². The van der Waals surface area contributed by atoms with E-state index in [9.17, 15) is 0 Å². The van der Waals surface area contributed by atoms with Crippen LogP contribution in [0.15, 0.2) is 523 Å². The number of fused-ring (bicyclic) bond motifs is 18. The minimum atomic E-state index is 0.590. The van der Waals surface area contributed by atoms with Gasteiger partial charge in [-0.1, -0.05) is 370 Å². The number of para-hydroxylation sites is 8. The van der Waals surface area contributed by atoms with Gasteiger partial charge in [0.05, 0.1) is 33.1 Å². The second kappa shape index (κ2) is 37.0. The molecule has 0 aliphatic rings. The molecule has 0 amide bonds. The highest BCUT2D eigenvalue weighted by Crippen LogP contribution is 2.45. The van der Waals surface area contributed by atoms with Crippen molar-refractivity contribution in [3.63, 3.8) is 0 Å². The molecule has 0 saturated heterocycles. The third-order valence-corrected chi connectivity index (χ3v) is 28.4. The van der Waals surface area contributed by atoms with Crippen LogP contribution in [-0.4, -0.2) is 58.6 Å². The zero-order valence-corrected chi connectivity index (χ0v) is 80.6. The van der Waals surface area contributed by atoms with Crippen molar-refractivity contribution in [2.24, 2.45) is 0 Å². The first kappa shape index (κ1) is 87.3. The van der Waals surface area contributed by atoms with Crippen molar-refractivity contribution < 1.29 is 13.3 Å². The van der Waals surface area contributed by atoms with Crippen molar-refractivity contribution >= 4 is 131 Å². The second-order valence-corrected chi connectivity index (χ2v) is 37.4. The van der Waals surface area contributed by atoms with E-state index >= 15 is 0 Å². The van der Waals surface area contributed by atoms with Gasteiger partial charge in [0.1, 0.15) is 33.5 Å². The fraction of sp³-hybridized carbons (Fsp3) is 0. The fourth-order valence-corrected chi connectivity index (χ4v) is 21.3. The number of hydrogen-bond acceptors (Lipinski definition) is 12. The molecule has 0 bridgehead atoms. The Labute approximate surface area is 859 Å². The molecular formula is C135H84N12O3. The highest BCUT2D eigenvalue weighted by molar-refractivity contribution is 6.17. The molecule has 15 nitrogen and oxygen atoms in total. The van der Waals surface area contributed by atoms with E-state index in [0.717, 1.165) is 172 Å². The molecular weight excluding hydrogens is 1840 g/mol. The maximum Gasteiger partial charge on any atom is 0.164 e. The van der Waals surface area contributed by atoms with Crippen molar-refractivity contribution in [2.75, 3.05) is 0 Å². The standard InChI is InChI=1S/3C45H28N4O/c1-3-13-29(14-4-1)43-46-44(48-45(47-43)32-25-26-36-35-19-8-10-24-40(35)50-41(36)28-32)31-16-11-15-30(27-31)34-21-12-23-39-42(34)37-20-7-9-22-38(37)49(39)33-17-5-2-6-18-33;1-3-12-29(13-4-1)31-23-25-40-38(27-31)35-18-7-9-20-39(35)49(40)34-17-11-16-32(26-34)44-46-43(30-14-5-2-6-15-30)47-45(48-44)33-22-24-37-36-19-8-10-21-41(36)50-42(37)28-33;1-2-11-30(12-3-1)43-46-44(48-45(47-43)33-25-26-38-37-17-6-9-20-41(37)50-42(38)28-33)31-23-21-29(22-24-31)32-13-10-14-34(27-32)49-39-18-7-4-15-35(39)36-16-5-8-19-40(36)49/h3*1-28H. The summed E-state index contributed by atoms with van der Waals surface area (Å²) in [5.74, 6) is 5.47. The Morgan fingerprint density at radius 3 is 0.813 bits per heavy atom. The quantitative estimate of drug-likeness (QED) is 0.0953. The Hall–Kier alpha value is -20.6. The lowest BCUT2D eigenvalue weighted by Gasteiger charge is -2.12. The fourth-order valence-electron chi connectivity index (χ4n) is 21.3. The average Bonchev–Trinajstić information content (AvgIpc) is 1.58. The molecule has 0 aliphatic heterocycles. The Kier molecular flexibility index (Phi) is 21.5. The van der Waals surface area contributed by atoms with Crippen LogP contribution in [-0.2, 0) is 0 Å². The van der Waals surface area contributed by atoms with Crippen LogP contribution < -0.4 is 0 Å². The molecule has 0 saturated carbocycles. The van der Waals surface area contributed by atoms with Crippen LogP contribution >= 0.6 is 0 Å². The maximum absolute atomic E-state index is 6.23. The Balaban J connectivity index is 0.000000108. The molecule has 30 aromatic rings. The first-order valence-electron chi connectivity index (χ1n) is 50.1. The Morgan fingerprint density at radius 2 is 0.373 bits per heavy atom. The molecule has 150 heavy (non-hydrogen) atoms. The summed E-state index contributed by atoms with van der Waals surface area (Å²) in [7, 11) is 0.